The van der Waals surface area contributed by atoms with Crippen molar-refractivity contribution < 1.29 is 14.2 Å². The molecule has 1 aliphatic heterocycles. The molecule has 2 fully saturated rings. The Kier molecular flexibility index (Phi) is 8.81. The summed E-state index contributed by atoms with van der Waals surface area (Å²) in [5, 5.41) is 21.2. The van der Waals surface area contributed by atoms with Crippen LogP contribution in [0.2, 0.25) is 10.0 Å². The van der Waals surface area contributed by atoms with Gasteiger partial charge in [0.15, 0.2) is 0 Å². The third kappa shape index (κ3) is 6.53. The van der Waals surface area contributed by atoms with E-state index in [9.17, 15) is 9.50 Å². The zero-order chi connectivity index (χ0) is 31.7. The van der Waals surface area contributed by atoms with Crippen molar-refractivity contribution in [1.29, 1.82) is 0 Å². The predicted molar refractivity (Wildman–Crippen MR) is 170 cm³/mol. The first-order valence-corrected chi connectivity index (χ1v) is 15.7. The van der Waals surface area contributed by atoms with Crippen molar-refractivity contribution in [2.75, 3.05) is 0 Å². The zero-order valence-electron chi connectivity index (χ0n) is 25.1. The van der Waals surface area contributed by atoms with Crippen molar-refractivity contribution >= 4 is 23.2 Å². The van der Waals surface area contributed by atoms with Crippen LogP contribution in [-0.4, -0.2) is 40.2 Å². The standard InChI is InChI=1S/C17H13ClFN3O.C17H22ClN3O/c18-15-4-2-1-3-14(15)16-17(23-16,9-22-11-20-10-21-22)12-5-7-13(19)8-6-12;1-16(2)8-7-14(9-13-3-5-15(18)6-4-13)17(16,22)10-21-12-19-11-20-21/h1-8,10-11,16H,9H2;3-6,11-12,14,22H,7-10H2,1-2H3. The van der Waals surface area contributed by atoms with E-state index in [0.717, 1.165) is 35.4 Å². The predicted octanol–water partition coefficient (Wildman–Crippen LogP) is 7.08. The highest BCUT2D eigenvalue weighted by Crippen LogP contribution is 2.59. The monoisotopic (exact) mass is 648 g/mol. The fourth-order valence-corrected chi connectivity index (χ4v) is 6.88. The maximum Gasteiger partial charge on any atom is 0.144 e. The number of aliphatic hydroxyl groups is 1. The highest BCUT2D eigenvalue weighted by Gasteiger charge is 2.59. The highest BCUT2D eigenvalue weighted by atomic mass is 35.5. The Morgan fingerprint density at radius 2 is 1.53 bits per heavy atom. The van der Waals surface area contributed by atoms with E-state index in [4.69, 9.17) is 27.9 Å². The first-order chi connectivity index (χ1) is 21.6. The van der Waals surface area contributed by atoms with Crippen LogP contribution in [0.5, 0.6) is 0 Å². The summed E-state index contributed by atoms with van der Waals surface area (Å²) < 4.78 is 22.8. The maximum atomic E-state index is 13.3. The molecule has 1 saturated carbocycles. The second-order valence-electron chi connectivity index (χ2n) is 12.5. The van der Waals surface area contributed by atoms with E-state index in [-0.39, 0.29) is 23.3 Å². The lowest BCUT2D eigenvalue weighted by Crippen LogP contribution is -2.49. The van der Waals surface area contributed by atoms with Gasteiger partial charge in [0.2, 0.25) is 0 Å². The van der Waals surface area contributed by atoms with Gasteiger partial charge in [-0.05, 0) is 72.1 Å². The van der Waals surface area contributed by atoms with Gasteiger partial charge in [-0.1, -0.05) is 79.5 Å². The van der Waals surface area contributed by atoms with Crippen LogP contribution in [0, 0.1) is 17.2 Å². The summed E-state index contributed by atoms with van der Waals surface area (Å²) in [6, 6.07) is 21.8. The van der Waals surface area contributed by atoms with Gasteiger partial charge in [0, 0.05) is 15.6 Å². The molecule has 4 atom stereocenters. The normalized spacial score (nSPS) is 25.0. The molecule has 2 aromatic heterocycles. The van der Waals surface area contributed by atoms with E-state index < -0.39 is 11.2 Å². The Morgan fingerprint density at radius 3 is 2.16 bits per heavy atom. The Balaban J connectivity index is 0.000000159. The smallest absolute Gasteiger partial charge is 0.144 e. The van der Waals surface area contributed by atoms with E-state index >= 15 is 0 Å². The largest absolute Gasteiger partial charge is 0.387 e. The van der Waals surface area contributed by atoms with Crippen molar-refractivity contribution in [3.63, 3.8) is 0 Å². The van der Waals surface area contributed by atoms with Crippen molar-refractivity contribution in [2.45, 2.75) is 63.5 Å². The van der Waals surface area contributed by atoms with Gasteiger partial charge in [0.25, 0.3) is 0 Å². The number of ether oxygens (including phenoxy) is 1. The molecule has 2 aliphatic rings. The average Bonchev–Trinajstić information content (AvgIpc) is 3.36. The van der Waals surface area contributed by atoms with Gasteiger partial charge < -0.3 is 9.84 Å². The number of hydrogen-bond donors (Lipinski definition) is 1. The molecule has 1 aliphatic carbocycles. The molecule has 234 valence electrons. The first-order valence-electron chi connectivity index (χ1n) is 14.9. The fourth-order valence-electron chi connectivity index (χ4n) is 6.52. The van der Waals surface area contributed by atoms with Gasteiger partial charge in [-0.15, -0.1) is 0 Å². The van der Waals surface area contributed by atoms with Gasteiger partial charge in [0.05, 0.1) is 18.7 Å². The number of aromatic nitrogens is 6. The van der Waals surface area contributed by atoms with Crippen LogP contribution in [0.3, 0.4) is 0 Å². The molecule has 8 nitrogen and oxygen atoms in total. The summed E-state index contributed by atoms with van der Waals surface area (Å²) in [5.74, 6) is -0.0764. The van der Waals surface area contributed by atoms with Gasteiger partial charge in [-0.25, -0.2) is 19.0 Å². The number of epoxide rings is 1. The Morgan fingerprint density at radius 1 is 0.889 bits per heavy atom. The summed E-state index contributed by atoms with van der Waals surface area (Å²) in [5.41, 5.74) is 1.46. The molecule has 5 aromatic rings. The molecule has 3 aromatic carbocycles. The van der Waals surface area contributed by atoms with Gasteiger partial charge in [-0.2, -0.15) is 10.2 Å². The molecule has 0 spiro atoms. The third-order valence-electron chi connectivity index (χ3n) is 9.31. The average molecular weight is 650 g/mol. The summed E-state index contributed by atoms with van der Waals surface area (Å²) in [6.45, 7) is 5.25. The lowest BCUT2D eigenvalue weighted by Gasteiger charge is -2.40. The summed E-state index contributed by atoms with van der Waals surface area (Å²) in [4.78, 5) is 7.96. The van der Waals surface area contributed by atoms with Gasteiger partial charge in [-0.3, -0.25) is 4.68 Å². The molecule has 11 heteroatoms. The number of halogens is 3. The molecule has 7 rings (SSSR count). The van der Waals surface area contributed by atoms with Crippen LogP contribution in [0.25, 0.3) is 0 Å². The van der Waals surface area contributed by atoms with Crippen LogP contribution in [0.15, 0.2) is 98.1 Å². The number of benzene rings is 3. The molecule has 0 bridgehead atoms. The van der Waals surface area contributed by atoms with Crippen molar-refractivity contribution in [2.24, 2.45) is 11.3 Å². The van der Waals surface area contributed by atoms with E-state index in [1.165, 1.54) is 30.4 Å². The molecule has 4 unspecified atom stereocenters. The van der Waals surface area contributed by atoms with Crippen LogP contribution in [0.4, 0.5) is 4.39 Å². The van der Waals surface area contributed by atoms with Crippen molar-refractivity contribution in [1.82, 2.24) is 29.5 Å². The lowest BCUT2D eigenvalue weighted by molar-refractivity contribution is -0.0907. The second kappa shape index (κ2) is 12.6. The van der Waals surface area contributed by atoms with Crippen LogP contribution >= 0.6 is 23.2 Å². The molecule has 0 amide bonds. The lowest BCUT2D eigenvalue weighted by atomic mass is 9.72. The third-order valence-corrected chi connectivity index (χ3v) is 9.90. The minimum atomic E-state index is -0.791. The Hall–Kier alpha value is -3.63. The van der Waals surface area contributed by atoms with Crippen molar-refractivity contribution in [3.8, 4) is 0 Å². The van der Waals surface area contributed by atoms with E-state index in [2.05, 4.69) is 34.0 Å². The SMILES string of the molecule is CC1(C)CCC(Cc2ccc(Cl)cc2)C1(O)Cn1cncn1.Fc1ccc(C2(Cn3cncn3)OC2c2ccccc2Cl)cc1. The molecular formula is C34H35Cl2FN6O2. The molecule has 3 heterocycles. The summed E-state index contributed by atoms with van der Waals surface area (Å²) in [6.07, 6.45) is 8.97. The first kappa shape index (κ1) is 31.4. The quantitative estimate of drug-likeness (QED) is 0.181. The van der Waals surface area contributed by atoms with E-state index in [0.29, 0.717) is 18.1 Å². The number of rotatable bonds is 8. The second-order valence-corrected chi connectivity index (χ2v) is 13.3. The highest BCUT2D eigenvalue weighted by molar-refractivity contribution is 6.31. The van der Waals surface area contributed by atoms with Crippen LogP contribution in [0.1, 0.15) is 49.5 Å². The molecule has 1 saturated heterocycles. The Bertz CT molecular complexity index is 1700. The van der Waals surface area contributed by atoms with E-state index in [1.807, 2.05) is 48.5 Å². The van der Waals surface area contributed by atoms with Crippen molar-refractivity contribution in [3.05, 3.63) is 131 Å². The summed E-state index contributed by atoms with van der Waals surface area (Å²) >= 11 is 12.3. The molecule has 1 N–H and O–H groups in total. The minimum Gasteiger partial charge on any atom is -0.387 e. The van der Waals surface area contributed by atoms with Crippen LogP contribution in [-0.2, 0) is 29.8 Å². The zero-order valence-corrected chi connectivity index (χ0v) is 26.6. The van der Waals surface area contributed by atoms with Gasteiger partial charge >= 0.3 is 0 Å². The van der Waals surface area contributed by atoms with E-state index in [1.54, 1.807) is 34.2 Å². The van der Waals surface area contributed by atoms with Crippen LogP contribution < -0.4 is 0 Å². The fraction of sp³-hybridized carbons (Fsp3) is 0.353. The number of nitrogens with zero attached hydrogens (tertiary/aromatic N) is 6. The summed E-state index contributed by atoms with van der Waals surface area (Å²) in [7, 11) is 0. The Labute approximate surface area is 271 Å². The molecule has 0 radical (unpaired) electrons. The minimum absolute atomic E-state index is 0.143. The van der Waals surface area contributed by atoms with Gasteiger partial charge in [0.1, 0.15) is 42.8 Å². The molecule has 45 heavy (non-hydrogen) atoms. The number of hydrogen-bond acceptors (Lipinski definition) is 6. The maximum absolute atomic E-state index is 13.3. The topological polar surface area (TPSA) is 94.2 Å². The molecular weight excluding hydrogens is 614 g/mol.